The number of hydrazine groups is 1. The van der Waals surface area contributed by atoms with Crippen molar-refractivity contribution in [2.45, 2.75) is 51.0 Å². The predicted molar refractivity (Wildman–Crippen MR) is 115 cm³/mol. The van der Waals surface area contributed by atoms with E-state index in [0.717, 1.165) is 38.9 Å². The number of amides is 1. The minimum atomic E-state index is 0.333. The van der Waals surface area contributed by atoms with Crippen LogP contribution in [0.15, 0.2) is 41.8 Å². The maximum atomic E-state index is 12.8. The zero-order chi connectivity index (χ0) is 19.3. The van der Waals surface area contributed by atoms with Gasteiger partial charge < -0.3 is 4.90 Å². The quantitative estimate of drug-likeness (QED) is 0.778. The van der Waals surface area contributed by atoms with Crippen LogP contribution >= 0.6 is 11.3 Å². The monoisotopic (exact) mass is 397 g/mol. The van der Waals surface area contributed by atoms with Gasteiger partial charge in [-0.25, -0.2) is 0 Å². The van der Waals surface area contributed by atoms with E-state index in [-0.39, 0.29) is 0 Å². The van der Waals surface area contributed by atoms with Gasteiger partial charge in [0.2, 0.25) is 5.91 Å². The van der Waals surface area contributed by atoms with Gasteiger partial charge in [-0.3, -0.25) is 15.6 Å². The molecule has 3 unspecified atom stereocenters. The van der Waals surface area contributed by atoms with Gasteiger partial charge in [0, 0.05) is 42.9 Å². The number of carbonyl (C=O) groups excluding carboxylic acids is 1. The average Bonchev–Trinajstić information content (AvgIpc) is 3.40. The van der Waals surface area contributed by atoms with Crippen molar-refractivity contribution in [1.82, 2.24) is 15.8 Å². The van der Waals surface area contributed by atoms with E-state index < -0.39 is 0 Å². The van der Waals surface area contributed by atoms with Crippen molar-refractivity contribution in [1.29, 1.82) is 0 Å². The first-order valence-corrected chi connectivity index (χ1v) is 11.4. The summed E-state index contributed by atoms with van der Waals surface area (Å²) in [6.07, 6.45) is 4.95. The number of likely N-dealkylation sites (tertiary alicyclic amines) is 1. The number of aryl methyl sites for hydroxylation is 2. The summed E-state index contributed by atoms with van der Waals surface area (Å²) in [6.45, 7) is 4.97. The molecule has 2 saturated heterocycles. The van der Waals surface area contributed by atoms with Crippen LogP contribution in [-0.2, 0) is 11.2 Å². The van der Waals surface area contributed by atoms with E-state index in [2.05, 4.69) is 64.5 Å². The van der Waals surface area contributed by atoms with Crippen LogP contribution in [-0.4, -0.2) is 36.5 Å². The van der Waals surface area contributed by atoms with Crippen LogP contribution in [0.5, 0.6) is 0 Å². The van der Waals surface area contributed by atoms with E-state index in [1.165, 1.54) is 22.4 Å². The van der Waals surface area contributed by atoms with Gasteiger partial charge in [-0.15, -0.1) is 11.3 Å². The summed E-state index contributed by atoms with van der Waals surface area (Å²) in [7, 11) is 0. The molecular weight excluding hydrogens is 366 g/mol. The third kappa shape index (κ3) is 4.48. The lowest BCUT2D eigenvalue weighted by Gasteiger charge is -2.37. The van der Waals surface area contributed by atoms with Gasteiger partial charge in [0.25, 0.3) is 0 Å². The SMILES string of the molecule is Cc1ccccc1C1CNNC1C1CCCN(C(=O)CCCc2cccs2)C1. The van der Waals surface area contributed by atoms with E-state index >= 15 is 0 Å². The molecule has 2 aromatic rings. The number of nitrogens with one attached hydrogen (secondary N) is 2. The molecule has 3 heterocycles. The standard InChI is InChI=1S/C23H31N3OS/c1-17-7-2-3-11-20(17)21-15-24-25-23(21)18-8-5-13-26(16-18)22(27)12-4-9-19-10-6-14-28-19/h2-3,6-7,10-11,14,18,21,23-25H,4-5,8-9,12-13,15-16H2,1H3. The van der Waals surface area contributed by atoms with Gasteiger partial charge in [0.15, 0.2) is 0 Å². The van der Waals surface area contributed by atoms with Crippen molar-refractivity contribution in [2.75, 3.05) is 19.6 Å². The molecule has 0 radical (unpaired) electrons. The Morgan fingerprint density at radius 3 is 2.96 bits per heavy atom. The molecule has 2 aliphatic rings. The molecule has 4 rings (SSSR count). The number of hydrogen-bond acceptors (Lipinski definition) is 4. The van der Waals surface area contributed by atoms with Crippen molar-refractivity contribution < 1.29 is 4.79 Å². The topological polar surface area (TPSA) is 44.4 Å². The van der Waals surface area contributed by atoms with Crippen molar-refractivity contribution in [2.24, 2.45) is 5.92 Å². The van der Waals surface area contributed by atoms with Crippen molar-refractivity contribution >= 4 is 17.2 Å². The number of thiophene rings is 1. The predicted octanol–water partition coefficient (Wildman–Crippen LogP) is 3.88. The van der Waals surface area contributed by atoms with Gasteiger partial charge in [0.1, 0.15) is 0 Å². The molecule has 1 aromatic heterocycles. The molecular formula is C23H31N3OS. The number of carbonyl (C=O) groups is 1. The molecule has 0 bridgehead atoms. The highest BCUT2D eigenvalue weighted by molar-refractivity contribution is 7.09. The molecule has 2 aliphatic heterocycles. The minimum absolute atomic E-state index is 0.333. The second-order valence-electron chi connectivity index (χ2n) is 8.19. The fourth-order valence-corrected chi connectivity index (χ4v) is 5.57. The molecule has 0 aliphatic carbocycles. The Bertz CT molecular complexity index is 776. The maximum Gasteiger partial charge on any atom is 0.222 e. The number of hydrogen-bond donors (Lipinski definition) is 2. The number of rotatable bonds is 6. The zero-order valence-corrected chi connectivity index (χ0v) is 17.5. The first-order chi connectivity index (χ1) is 13.7. The van der Waals surface area contributed by atoms with Gasteiger partial charge in [-0.1, -0.05) is 30.3 Å². The molecule has 3 atom stereocenters. The summed E-state index contributed by atoms with van der Waals surface area (Å²) >= 11 is 1.79. The lowest BCUT2D eigenvalue weighted by Crippen LogP contribution is -2.48. The molecule has 4 nitrogen and oxygen atoms in total. The lowest BCUT2D eigenvalue weighted by molar-refractivity contribution is -0.133. The first-order valence-electron chi connectivity index (χ1n) is 10.6. The Morgan fingerprint density at radius 2 is 2.14 bits per heavy atom. The summed E-state index contributed by atoms with van der Waals surface area (Å²) < 4.78 is 0. The van der Waals surface area contributed by atoms with E-state index in [1.807, 2.05) is 0 Å². The van der Waals surface area contributed by atoms with Crippen LogP contribution in [0.3, 0.4) is 0 Å². The molecule has 5 heteroatoms. The highest BCUT2D eigenvalue weighted by Crippen LogP contribution is 2.33. The van der Waals surface area contributed by atoms with E-state index in [0.29, 0.717) is 30.2 Å². The second kappa shape index (κ2) is 9.21. The van der Waals surface area contributed by atoms with E-state index in [4.69, 9.17) is 0 Å². The van der Waals surface area contributed by atoms with Gasteiger partial charge in [0.05, 0.1) is 0 Å². The Kier molecular flexibility index (Phi) is 6.45. The fourth-order valence-electron chi connectivity index (χ4n) is 4.82. The van der Waals surface area contributed by atoms with Gasteiger partial charge >= 0.3 is 0 Å². The van der Waals surface area contributed by atoms with Crippen molar-refractivity contribution in [3.8, 4) is 0 Å². The Hall–Kier alpha value is -1.69. The van der Waals surface area contributed by atoms with Crippen LogP contribution in [0.4, 0.5) is 0 Å². The van der Waals surface area contributed by atoms with Crippen LogP contribution in [0.1, 0.15) is 47.6 Å². The number of benzene rings is 1. The van der Waals surface area contributed by atoms with Gasteiger partial charge in [-0.05, 0) is 61.1 Å². The minimum Gasteiger partial charge on any atom is -0.342 e. The van der Waals surface area contributed by atoms with Gasteiger partial charge in [-0.2, -0.15) is 0 Å². The van der Waals surface area contributed by atoms with E-state index in [9.17, 15) is 4.79 Å². The molecule has 2 fully saturated rings. The lowest BCUT2D eigenvalue weighted by atomic mass is 9.80. The van der Waals surface area contributed by atoms with Crippen LogP contribution in [0.2, 0.25) is 0 Å². The van der Waals surface area contributed by atoms with Crippen LogP contribution < -0.4 is 10.9 Å². The Morgan fingerprint density at radius 1 is 1.25 bits per heavy atom. The fraction of sp³-hybridized carbons (Fsp3) is 0.522. The third-order valence-corrected chi connectivity index (χ3v) is 7.26. The normalized spacial score (nSPS) is 25.2. The largest absolute Gasteiger partial charge is 0.342 e. The first kappa shape index (κ1) is 19.6. The molecule has 0 saturated carbocycles. The maximum absolute atomic E-state index is 12.8. The summed E-state index contributed by atoms with van der Waals surface area (Å²) in [4.78, 5) is 16.3. The summed E-state index contributed by atoms with van der Waals surface area (Å²) in [5.41, 5.74) is 9.72. The third-order valence-electron chi connectivity index (χ3n) is 6.32. The highest BCUT2D eigenvalue weighted by Gasteiger charge is 2.37. The smallest absolute Gasteiger partial charge is 0.222 e. The summed E-state index contributed by atoms with van der Waals surface area (Å²) in [5.74, 6) is 1.31. The molecule has 28 heavy (non-hydrogen) atoms. The number of piperidine rings is 1. The summed E-state index contributed by atoms with van der Waals surface area (Å²) in [6, 6.07) is 13.4. The number of nitrogens with zero attached hydrogens (tertiary/aromatic N) is 1. The second-order valence-corrected chi connectivity index (χ2v) is 9.22. The van der Waals surface area contributed by atoms with Crippen LogP contribution in [0, 0.1) is 12.8 Å². The molecule has 0 spiro atoms. The van der Waals surface area contributed by atoms with Crippen LogP contribution in [0.25, 0.3) is 0 Å². The summed E-state index contributed by atoms with van der Waals surface area (Å²) in [5, 5.41) is 2.11. The highest BCUT2D eigenvalue weighted by atomic mass is 32.1. The van der Waals surface area contributed by atoms with E-state index in [1.54, 1.807) is 11.3 Å². The van der Waals surface area contributed by atoms with Crippen molar-refractivity contribution in [3.63, 3.8) is 0 Å². The average molecular weight is 398 g/mol. The molecule has 150 valence electrons. The molecule has 1 aromatic carbocycles. The molecule has 1 amide bonds. The molecule has 2 N–H and O–H groups in total. The Balaban J connectivity index is 1.35. The Labute approximate surface area is 172 Å². The van der Waals surface area contributed by atoms with Crippen molar-refractivity contribution in [3.05, 3.63) is 57.8 Å². The zero-order valence-electron chi connectivity index (χ0n) is 16.7.